The Morgan fingerprint density at radius 3 is 2.56 bits per heavy atom. The lowest BCUT2D eigenvalue weighted by Gasteiger charge is -2.49. The molecule has 0 saturated carbocycles. The van der Waals surface area contributed by atoms with E-state index in [1.54, 1.807) is 34.8 Å². The van der Waals surface area contributed by atoms with E-state index < -0.39 is 0 Å². The van der Waals surface area contributed by atoms with Crippen LogP contribution in [0.1, 0.15) is 45.2 Å². The second kappa shape index (κ2) is 9.70. The number of anilines is 1. The van der Waals surface area contributed by atoms with Crippen LogP contribution in [0.5, 0.6) is 0 Å². The highest BCUT2D eigenvalue weighted by Crippen LogP contribution is 2.34. The van der Waals surface area contributed by atoms with E-state index in [9.17, 15) is 4.79 Å². The monoisotopic (exact) mass is 484 g/mol. The third-order valence-corrected chi connectivity index (χ3v) is 7.71. The van der Waals surface area contributed by atoms with E-state index >= 15 is 0 Å². The summed E-state index contributed by atoms with van der Waals surface area (Å²) in [6, 6.07) is 11.2. The number of aryl methyl sites for hydroxylation is 1. The Morgan fingerprint density at radius 2 is 1.83 bits per heavy atom. The van der Waals surface area contributed by atoms with E-state index in [-0.39, 0.29) is 24.2 Å². The van der Waals surface area contributed by atoms with Gasteiger partial charge in [-0.05, 0) is 31.4 Å². The maximum atomic E-state index is 12.9. The molecule has 0 N–H and O–H groups in total. The Balaban J connectivity index is 1.51. The molecule has 186 valence electrons. The predicted octanol–water partition coefficient (Wildman–Crippen LogP) is 3.64. The Labute approximate surface area is 210 Å². The van der Waals surface area contributed by atoms with Crippen molar-refractivity contribution in [2.75, 3.05) is 18.0 Å². The Bertz CT molecular complexity index is 1500. The summed E-state index contributed by atoms with van der Waals surface area (Å²) in [5.41, 5.74) is 3.60. The summed E-state index contributed by atoms with van der Waals surface area (Å²) in [6.45, 7) is 8.56. The molecule has 9 heteroatoms. The van der Waals surface area contributed by atoms with Gasteiger partial charge in [-0.1, -0.05) is 26.0 Å². The molecule has 0 radical (unpaired) electrons. The first kappa shape index (κ1) is 23.9. The van der Waals surface area contributed by atoms with Crippen LogP contribution in [0.4, 0.5) is 5.69 Å². The van der Waals surface area contributed by atoms with Crippen molar-refractivity contribution in [3.05, 3.63) is 58.8 Å². The summed E-state index contributed by atoms with van der Waals surface area (Å²) in [4.78, 5) is 17.9. The molecule has 3 atom stereocenters. The largest absolute Gasteiger partial charge is 0.364 e. The second-order valence-electron chi connectivity index (χ2n) is 9.67. The Morgan fingerprint density at radius 1 is 1.08 bits per heavy atom. The van der Waals surface area contributed by atoms with Gasteiger partial charge in [-0.3, -0.25) is 14.4 Å². The fourth-order valence-electron chi connectivity index (χ4n) is 5.53. The van der Waals surface area contributed by atoms with Crippen molar-refractivity contribution in [3.63, 3.8) is 0 Å². The van der Waals surface area contributed by atoms with Gasteiger partial charge in [0, 0.05) is 55.1 Å². The molecule has 0 aliphatic carbocycles. The van der Waals surface area contributed by atoms with Gasteiger partial charge < -0.3 is 9.47 Å². The summed E-state index contributed by atoms with van der Waals surface area (Å²) in [7, 11) is 1.76. The topological polar surface area (TPSA) is 95.9 Å². The molecule has 0 bridgehead atoms. The zero-order valence-corrected chi connectivity index (χ0v) is 21.3. The molecule has 4 heterocycles. The van der Waals surface area contributed by atoms with Crippen molar-refractivity contribution >= 4 is 27.5 Å². The van der Waals surface area contributed by atoms with Gasteiger partial charge in [0.15, 0.2) is 0 Å². The number of rotatable bonds is 6. The summed E-state index contributed by atoms with van der Waals surface area (Å²) in [6.07, 6.45) is 7.36. The molecule has 5 rings (SSSR count). The van der Waals surface area contributed by atoms with Gasteiger partial charge in [0.25, 0.3) is 5.56 Å². The molecule has 9 nitrogen and oxygen atoms in total. The first-order valence-electron chi connectivity index (χ1n) is 12.6. The van der Waals surface area contributed by atoms with Crippen LogP contribution in [-0.2, 0) is 13.6 Å². The van der Waals surface area contributed by atoms with E-state index in [0.29, 0.717) is 6.04 Å². The van der Waals surface area contributed by atoms with Crippen LogP contribution in [0.3, 0.4) is 0 Å². The van der Waals surface area contributed by atoms with Gasteiger partial charge >= 0.3 is 0 Å². The van der Waals surface area contributed by atoms with E-state index in [1.165, 1.54) is 5.56 Å². The highest BCUT2D eigenvalue weighted by molar-refractivity contribution is 5.88. The molecule has 1 aromatic carbocycles. The highest BCUT2D eigenvalue weighted by Gasteiger charge is 2.36. The maximum Gasteiger partial charge on any atom is 0.252 e. The minimum absolute atomic E-state index is 0.0630. The predicted molar refractivity (Wildman–Crippen MR) is 141 cm³/mol. The lowest BCUT2D eigenvalue weighted by atomic mass is 9.96. The molecule has 1 aliphatic heterocycles. The van der Waals surface area contributed by atoms with E-state index in [1.807, 2.05) is 6.20 Å². The smallest absolute Gasteiger partial charge is 0.252 e. The quantitative estimate of drug-likeness (QED) is 0.412. The summed E-state index contributed by atoms with van der Waals surface area (Å²) < 4.78 is 3.23. The number of hydrogen-bond donors (Lipinski definition) is 0. The van der Waals surface area contributed by atoms with Crippen LogP contribution in [0.25, 0.3) is 21.8 Å². The van der Waals surface area contributed by atoms with E-state index in [0.717, 1.165) is 53.4 Å². The Hall–Kier alpha value is -3.77. The van der Waals surface area contributed by atoms with Crippen molar-refractivity contribution in [3.8, 4) is 6.07 Å². The average Bonchev–Trinajstić information content (AvgIpc) is 3.33. The van der Waals surface area contributed by atoms with Crippen molar-refractivity contribution < 1.29 is 0 Å². The molecule has 0 spiro atoms. The number of hydrogen-bond acceptors (Lipinski definition) is 7. The van der Waals surface area contributed by atoms with Crippen LogP contribution >= 0.6 is 0 Å². The summed E-state index contributed by atoms with van der Waals surface area (Å²) in [5.74, 6) is 0. The number of nitrogens with zero attached hydrogens (tertiary/aromatic N) is 8. The number of fused-ring (bicyclic) bond motifs is 2. The van der Waals surface area contributed by atoms with Crippen LogP contribution in [0.15, 0.2) is 47.7 Å². The third-order valence-electron chi connectivity index (χ3n) is 7.71. The number of aromatic nitrogens is 5. The first-order valence-corrected chi connectivity index (χ1v) is 12.6. The van der Waals surface area contributed by atoms with Crippen LogP contribution in [-0.4, -0.2) is 54.6 Å². The summed E-state index contributed by atoms with van der Waals surface area (Å²) >= 11 is 0. The molecule has 3 aromatic heterocycles. The molecular weight excluding hydrogens is 452 g/mol. The zero-order chi connectivity index (χ0) is 25.4. The van der Waals surface area contributed by atoms with Crippen molar-refractivity contribution in [2.45, 2.75) is 58.3 Å². The zero-order valence-electron chi connectivity index (χ0n) is 21.3. The molecule has 0 unspecified atom stereocenters. The lowest BCUT2D eigenvalue weighted by molar-refractivity contribution is 0.101. The molecule has 0 amide bonds. The molecular formula is C27H32N8O. The third kappa shape index (κ3) is 4.11. The number of nitriles is 1. The van der Waals surface area contributed by atoms with Crippen molar-refractivity contribution in [1.29, 1.82) is 5.26 Å². The second-order valence-corrected chi connectivity index (χ2v) is 9.67. The van der Waals surface area contributed by atoms with Gasteiger partial charge in [0.05, 0.1) is 35.9 Å². The molecule has 1 saturated heterocycles. The minimum Gasteiger partial charge on any atom is -0.364 e. The molecule has 4 aromatic rings. The van der Waals surface area contributed by atoms with Crippen molar-refractivity contribution in [2.24, 2.45) is 7.05 Å². The maximum absolute atomic E-state index is 12.9. The van der Waals surface area contributed by atoms with Gasteiger partial charge in [0.2, 0.25) is 0 Å². The van der Waals surface area contributed by atoms with Gasteiger partial charge in [-0.15, -0.1) is 0 Å². The number of benzene rings is 1. The highest BCUT2D eigenvalue weighted by atomic mass is 16.1. The van der Waals surface area contributed by atoms with Gasteiger partial charge in [-0.25, -0.2) is 0 Å². The van der Waals surface area contributed by atoms with E-state index in [4.69, 9.17) is 10.4 Å². The number of piperazine rings is 1. The molecule has 1 fully saturated rings. The minimum atomic E-state index is -0.0630. The molecule has 36 heavy (non-hydrogen) atoms. The average molecular weight is 485 g/mol. The van der Waals surface area contributed by atoms with Crippen molar-refractivity contribution in [1.82, 2.24) is 29.4 Å². The SMILES string of the molecule is CC[C@H]1CN([C@@H](C)c2ccc3cnncc3c2)[C@H](CC)CN1c1cc(=O)n(C)c2cn(CC#N)nc12. The lowest BCUT2D eigenvalue weighted by Crippen LogP contribution is -2.58. The fourth-order valence-corrected chi connectivity index (χ4v) is 5.53. The summed E-state index contributed by atoms with van der Waals surface area (Å²) in [5, 5.41) is 24.1. The van der Waals surface area contributed by atoms with Crippen LogP contribution in [0.2, 0.25) is 0 Å². The number of pyridine rings is 1. The Kier molecular flexibility index (Phi) is 6.46. The standard InChI is InChI=1S/C27H32N8O/c1-5-22-16-35(24-12-26(36)32(4)25-17-33(10-9-28)31-27(24)25)23(6-2)15-34(22)18(3)19-7-8-20-13-29-30-14-21(20)11-19/h7-8,11-14,17-18,22-23H,5-6,10,15-16H2,1-4H3/t18-,22+,23-/m0/s1. The fraction of sp³-hybridized carbons (Fsp3) is 0.444. The molecule has 1 aliphatic rings. The normalized spacial score (nSPS) is 19.6. The van der Waals surface area contributed by atoms with Gasteiger partial charge in [-0.2, -0.15) is 20.6 Å². The van der Waals surface area contributed by atoms with Crippen LogP contribution < -0.4 is 10.5 Å². The van der Waals surface area contributed by atoms with E-state index in [2.05, 4.69) is 65.0 Å². The van der Waals surface area contributed by atoms with Gasteiger partial charge in [0.1, 0.15) is 12.1 Å². The van der Waals surface area contributed by atoms with Crippen LogP contribution in [0, 0.1) is 11.3 Å². The first-order chi connectivity index (χ1) is 17.4.